The number of aryl methyl sites for hydroxylation is 1. The van der Waals surface area contributed by atoms with Gasteiger partial charge in [-0.3, -0.25) is 9.89 Å². The summed E-state index contributed by atoms with van der Waals surface area (Å²) in [5.74, 6) is -0.313. The van der Waals surface area contributed by atoms with E-state index in [2.05, 4.69) is 5.10 Å². The van der Waals surface area contributed by atoms with Gasteiger partial charge in [-0.25, -0.2) is 9.07 Å². The lowest BCUT2D eigenvalue weighted by Gasteiger charge is -2.00. The molecule has 0 spiro atoms. The number of H-pyrrole nitrogens is 1. The Labute approximate surface area is 86.2 Å². The number of hydrogen-bond acceptors (Lipinski definition) is 1. The van der Waals surface area contributed by atoms with Gasteiger partial charge >= 0.3 is 0 Å². The number of hydrogen-bond donors (Lipinski definition) is 1. The first-order chi connectivity index (χ1) is 7.09. The number of rotatable bonds is 1. The highest BCUT2D eigenvalue weighted by molar-refractivity contribution is 5.32. The molecule has 0 aliphatic heterocycles. The Hall–Kier alpha value is -1.84. The molecule has 15 heavy (non-hydrogen) atoms. The van der Waals surface area contributed by atoms with Gasteiger partial charge in [-0.2, -0.15) is 0 Å². The van der Waals surface area contributed by atoms with Gasteiger partial charge in [0.2, 0.25) is 0 Å². The number of halogens is 1. The first kappa shape index (κ1) is 9.71. The second-order valence-electron chi connectivity index (χ2n) is 3.48. The monoisotopic (exact) mass is 206 g/mol. The highest BCUT2D eigenvalue weighted by atomic mass is 19.1. The molecule has 78 valence electrons. The van der Waals surface area contributed by atoms with E-state index in [9.17, 15) is 9.18 Å². The summed E-state index contributed by atoms with van der Waals surface area (Å²) in [6, 6.07) is 5.78. The fourth-order valence-electron chi connectivity index (χ4n) is 1.40. The summed E-state index contributed by atoms with van der Waals surface area (Å²) in [7, 11) is 0. The molecule has 2 aromatic rings. The van der Waals surface area contributed by atoms with E-state index in [4.69, 9.17) is 0 Å². The minimum Gasteiger partial charge on any atom is -0.295 e. The van der Waals surface area contributed by atoms with Crippen LogP contribution in [-0.2, 0) is 0 Å². The molecule has 0 unspecified atom stereocenters. The molecular formula is C11H11FN2O. The average Bonchev–Trinajstić information content (AvgIpc) is 2.47. The number of aromatic amines is 1. The number of nitrogens with zero attached hydrogens (tertiary/aromatic N) is 1. The molecule has 1 heterocycles. The van der Waals surface area contributed by atoms with Crippen LogP contribution in [0.25, 0.3) is 5.69 Å². The Balaban J connectivity index is 2.59. The highest BCUT2D eigenvalue weighted by Crippen LogP contribution is 2.07. The molecule has 0 aliphatic carbocycles. The Morgan fingerprint density at radius 1 is 1.20 bits per heavy atom. The summed E-state index contributed by atoms with van der Waals surface area (Å²) in [5.41, 5.74) is 2.04. The standard InChI is InChI=1S/C11H11FN2O/c1-7-8(2)13-14(11(7)15)10-5-3-9(12)4-6-10/h3-6,13H,1-2H3. The second-order valence-corrected chi connectivity index (χ2v) is 3.48. The summed E-state index contributed by atoms with van der Waals surface area (Å²) in [5, 5.41) is 2.93. The molecule has 4 heteroatoms. The molecule has 0 fully saturated rings. The zero-order valence-corrected chi connectivity index (χ0v) is 8.54. The molecule has 1 aromatic heterocycles. The van der Waals surface area contributed by atoms with Crippen LogP contribution in [0, 0.1) is 19.7 Å². The van der Waals surface area contributed by atoms with E-state index in [1.165, 1.54) is 16.8 Å². The largest absolute Gasteiger partial charge is 0.295 e. The summed E-state index contributed by atoms with van der Waals surface area (Å²) in [4.78, 5) is 11.7. The van der Waals surface area contributed by atoms with Crippen LogP contribution >= 0.6 is 0 Å². The van der Waals surface area contributed by atoms with Crippen molar-refractivity contribution in [3.63, 3.8) is 0 Å². The fraction of sp³-hybridized carbons (Fsp3) is 0.182. The Morgan fingerprint density at radius 2 is 1.80 bits per heavy atom. The highest BCUT2D eigenvalue weighted by Gasteiger charge is 2.07. The van der Waals surface area contributed by atoms with E-state index < -0.39 is 0 Å². The maximum absolute atomic E-state index is 12.7. The Bertz CT molecular complexity index is 537. The molecule has 0 aliphatic rings. The van der Waals surface area contributed by atoms with Crippen molar-refractivity contribution in [3.8, 4) is 5.69 Å². The molecule has 3 nitrogen and oxygen atoms in total. The van der Waals surface area contributed by atoms with Crippen LogP contribution in [0.2, 0.25) is 0 Å². The molecule has 1 aromatic carbocycles. The van der Waals surface area contributed by atoms with Crippen molar-refractivity contribution in [2.45, 2.75) is 13.8 Å². The summed E-state index contributed by atoms with van der Waals surface area (Å²) >= 11 is 0. The molecule has 0 radical (unpaired) electrons. The SMILES string of the molecule is Cc1[nH]n(-c2ccc(F)cc2)c(=O)c1C. The van der Waals surface area contributed by atoms with Crippen molar-refractivity contribution in [1.82, 2.24) is 9.78 Å². The normalized spacial score (nSPS) is 10.6. The minimum atomic E-state index is -0.313. The third-order valence-electron chi connectivity index (χ3n) is 2.45. The molecule has 0 saturated carbocycles. The average molecular weight is 206 g/mol. The predicted molar refractivity (Wildman–Crippen MR) is 55.8 cm³/mol. The maximum Gasteiger partial charge on any atom is 0.274 e. The molecule has 0 bridgehead atoms. The summed E-state index contributed by atoms with van der Waals surface area (Å²) in [6.45, 7) is 3.59. The van der Waals surface area contributed by atoms with Crippen LogP contribution in [0.1, 0.15) is 11.3 Å². The molecule has 0 atom stereocenters. The van der Waals surface area contributed by atoms with Crippen molar-refractivity contribution in [1.29, 1.82) is 0 Å². The molecule has 2 rings (SSSR count). The van der Waals surface area contributed by atoms with E-state index in [-0.39, 0.29) is 11.4 Å². The Morgan fingerprint density at radius 3 is 2.27 bits per heavy atom. The lowest BCUT2D eigenvalue weighted by Crippen LogP contribution is -2.15. The van der Waals surface area contributed by atoms with Gasteiger partial charge in [0, 0.05) is 11.3 Å². The predicted octanol–water partition coefficient (Wildman–Crippen LogP) is 1.92. The maximum atomic E-state index is 12.7. The molecule has 0 amide bonds. The van der Waals surface area contributed by atoms with Crippen LogP contribution in [-0.4, -0.2) is 9.78 Å². The number of benzene rings is 1. The van der Waals surface area contributed by atoms with Crippen molar-refractivity contribution >= 4 is 0 Å². The second kappa shape index (κ2) is 3.38. The zero-order valence-electron chi connectivity index (χ0n) is 8.54. The van der Waals surface area contributed by atoms with Gasteiger partial charge in [-0.15, -0.1) is 0 Å². The quantitative estimate of drug-likeness (QED) is 0.760. The van der Waals surface area contributed by atoms with E-state index >= 15 is 0 Å². The van der Waals surface area contributed by atoms with Crippen molar-refractivity contribution in [3.05, 3.63) is 51.7 Å². The van der Waals surface area contributed by atoms with Gasteiger partial charge in [-0.1, -0.05) is 0 Å². The lowest BCUT2D eigenvalue weighted by atomic mass is 10.3. The molecule has 1 N–H and O–H groups in total. The van der Waals surface area contributed by atoms with E-state index in [1.807, 2.05) is 6.92 Å². The van der Waals surface area contributed by atoms with Gasteiger partial charge in [0.05, 0.1) is 5.69 Å². The van der Waals surface area contributed by atoms with Gasteiger partial charge in [0.15, 0.2) is 0 Å². The van der Waals surface area contributed by atoms with E-state index in [0.29, 0.717) is 11.3 Å². The van der Waals surface area contributed by atoms with Gasteiger partial charge in [-0.05, 0) is 38.1 Å². The van der Waals surface area contributed by atoms with Gasteiger partial charge in [0.1, 0.15) is 5.82 Å². The van der Waals surface area contributed by atoms with Crippen LogP contribution < -0.4 is 5.56 Å². The molecular weight excluding hydrogens is 195 g/mol. The first-order valence-electron chi connectivity index (χ1n) is 4.64. The third kappa shape index (κ3) is 1.58. The van der Waals surface area contributed by atoms with E-state index in [0.717, 1.165) is 5.69 Å². The summed E-state index contributed by atoms with van der Waals surface area (Å²) in [6.07, 6.45) is 0. The van der Waals surface area contributed by atoms with Gasteiger partial charge < -0.3 is 0 Å². The fourth-order valence-corrected chi connectivity index (χ4v) is 1.40. The lowest BCUT2D eigenvalue weighted by molar-refractivity contribution is 0.627. The van der Waals surface area contributed by atoms with Crippen LogP contribution in [0.15, 0.2) is 29.1 Å². The Kier molecular flexibility index (Phi) is 2.19. The number of aromatic nitrogens is 2. The first-order valence-corrected chi connectivity index (χ1v) is 4.64. The van der Waals surface area contributed by atoms with Crippen molar-refractivity contribution in [2.75, 3.05) is 0 Å². The number of nitrogens with one attached hydrogen (secondary N) is 1. The zero-order chi connectivity index (χ0) is 11.0. The van der Waals surface area contributed by atoms with Crippen molar-refractivity contribution < 1.29 is 4.39 Å². The van der Waals surface area contributed by atoms with Crippen molar-refractivity contribution in [2.24, 2.45) is 0 Å². The van der Waals surface area contributed by atoms with Crippen LogP contribution in [0.3, 0.4) is 0 Å². The smallest absolute Gasteiger partial charge is 0.274 e. The van der Waals surface area contributed by atoms with E-state index in [1.54, 1.807) is 19.1 Å². The summed E-state index contributed by atoms with van der Waals surface area (Å²) < 4.78 is 14.1. The third-order valence-corrected chi connectivity index (χ3v) is 2.45. The van der Waals surface area contributed by atoms with Gasteiger partial charge in [0.25, 0.3) is 5.56 Å². The van der Waals surface area contributed by atoms with Crippen LogP contribution in [0.4, 0.5) is 4.39 Å². The molecule has 0 saturated heterocycles. The minimum absolute atomic E-state index is 0.0980. The topological polar surface area (TPSA) is 37.8 Å². The van der Waals surface area contributed by atoms with Crippen LogP contribution in [0.5, 0.6) is 0 Å².